The summed E-state index contributed by atoms with van der Waals surface area (Å²) >= 11 is 0. The number of carbonyl (C=O) groups excluding carboxylic acids is 1. The molecule has 1 N–H and O–H groups in total. The number of nitro groups is 2. The quantitative estimate of drug-likeness (QED) is 0.603. The van der Waals surface area contributed by atoms with Crippen LogP contribution in [-0.2, 0) is 11.3 Å². The largest absolute Gasteiger partial charge is 0.468 e. The number of hydrogen-bond donors (Lipinski definition) is 1. The molecule has 1 saturated heterocycles. The summed E-state index contributed by atoms with van der Waals surface area (Å²) in [6, 6.07) is 0.0412. The predicted molar refractivity (Wildman–Crippen MR) is 78.9 cm³/mol. The van der Waals surface area contributed by atoms with Gasteiger partial charge in [-0.1, -0.05) is 0 Å². The minimum atomic E-state index is -0.920. The summed E-state index contributed by atoms with van der Waals surface area (Å²) in [5.74, 6) is -1.21. The molecule has 0 saturated carbocycles. The van der Waals surface area contributed by atoms with Crippen LogP contribution in [0.1, 0.15) is 18.5 Å². The topological polar surface area (TPSA) is 136 Å². The van der Waals surface area contributed by atoms with Crippen LogP contribution in [-0.4, -0.2) is 56.6 Å². The molecule has 1 amide bonds. The molecule has 11 heteroatoms. The van der Waals surface area contributed by atoms with Gasteiger partial charge in [-0.3, -0.25) is 14.9 Å². The fraction of sp³-hybridized carbons (Fsp3) is 0.667. The van der Waals surface area contributed by atoms with Gasteiger partial charge in [0.2, 0.25) is 5.91 Å². The van der Waals surface area contributed by atoms with Gasteiger partial charge in [-0.05, 0) is 44.8 Å². The highest BCUT2D eigenvalue weighted by Crippen LogP contribution is 2.28. The molecule has 2 rings (SSSR count). The zero-order chi connectivity index (χ0) is 17.1. The van der Waals surface area contributed by atoms with Crippen molar-refractivity contribution in [1.82, 2.24) is 20.0 Å². The number of amides is 1. The molecule has 126 valence electrons. The van der Waals surface area contributed by atoms with Crippen molar-refractivity contribution >= 4 is 17.4 Å². The van der Waals surface area contributed by atoms with Crippen LogP contribution in [0.4, 0.5) is 11.5 Å². The average molecular weight is 326 g/mol. The lowest BCUT2D eigenvalue weighted by Gasteiger charge is -2.29. The van der Waals surface area contributed by atoms with E-state index in [1.54, 1.807) is 0 Å². The Hall–Kier alpha value is -2.56. The van der Waals surface area contributed by atoms with Crippen molar-refractivity contribution in [2.24, 2.45) is 0 Å². The van der Waals surface area contributed by atoms with E-state index in [1.165, 1.54) is 6.92 Å². The van der Waals surface area contributed by atoms with Crippen molar-refractivity contribution in [3.8, 4) is 0 Å². The van der Waals surface area contributed by atoms with Crippen LogP contribution in [0.25, 0.3) is 0 Å². The van der Waals surface area contributed by atoms with Crippen LogP contribution in [0.3, 0.4) is 0 Å². The van der Waals surface area contributed by atoms with Crippen molar-refractivity contribution in [3.63, 3.8) is 0 Å². The highest BCUT2D eigenvalue weighted by molar-refractivity contribution is 5.76. The van der Waals surface area contributed by atoms with Gasteiger partial charge < -0.3 is 20.3 Å². The molecule has 0 atom stereocenters. The lowest BCUT2D eigenvalue weighted by atomic mass is 10.1. The number of rotatable bonds is 5. The summed E-state index contributed by atoms with van der Waals surface area (Å²) in [6.45, 7) is 2.80. The molecule has 0 aromatic carbocycles. The Morgan fingerprint density at radius 3 is 2.39 bits per heavy atom. The highest BCUT2D eigenvalue weighted by atomic mass is 16.6. The minimum Gasteiger partial charge on any atom is -0.358 e. The Bertz CT molecular complexity index is 634. The van der Waals surface area contributed by atoms with Gasteiger partial charge in [-0.25, -0.2) is 0 Å². The maximum absolute atomic E-state index is 12.0. The van der Waals surface area contributed by atoms with E-state index in [0.29, 0.717) is 0 Å². The first-order valence-electron chi connectivity index (χ1n) is 7.13. The normalized spacial score (nSPS) is 16.3. The maximum Gasteiger partial charge on any atom is 0.468 e. The number of hydrogen-bond acceptors (Lipinski definition) is 7. The molecular weight excluding hydrogens is 308 g/mol. The summed E-state index contributed by atoms with van der Waals surface area (Å²) in [5, 5.41) is 28.2. The van der Waals surface area contributed by atoms with Gasteiger partial charge in [-0.2, -0.15) is 4.68 Å². The second-order valence-electron chi connectivity index (χ2n) is 5.57. The number of aromatic nitrogens is 2. The third-order valence-corrected chi connectivity index (χ3v) is 3.89. The van der Waals surface area contributed by atoms with Crippen molar-refractivity contribution in [2.45, 2.75) is 32.4 Å². The first kappa shape index (κ1) is 16.8. The zero-order valence-corrected chi connectivity index (χ0v) is 12.9. The molecule has 0 radical (unpaired) electrons. The van der Waals surface area contributed by atoms with Crippen LogP contribution in [0, 0.1) is 27.2 Å². The van der Waals surface area contributed by atoms with Crippen LogP contribution in [0.2, 0.25) is 0 Å². The van der Waals surface area contributed by atoms with Crippen LogP contribution >= 0.6 is 0 Å². The van der Waals surface area contributed by atoms with Gasteiger partial charge >= 0.3 is 11.5 Å². The third kappa shape index (κ3) is 3.80. The van der Waals surface area contributed by atoms with Gasteiger partial charge in [0, 0.05) is 6.04 Å². The second kappa shape index (κ2) is 6.69. The van der Waals surface area contributed by atoms with Crippen LogP contribution < -0.4 is 5.32 Å². The molecule has 0 unspecified atom stereocenters. The summed E-state index contributed by atoms with van der Waals surface area (Å²) in [5.41, 5.74) is -0.692. The summed E-state index contributed by atoms with van der Waals surface area (Å²) in [7, 11) is 2.00. The Morgan fingerprint density at radius 2 is 1.91 bits per heavy atom. The van der Waals surface area contributed by atoms with Gasteiger partial charge in [0.05, 0.1) is 10.0 Å². The van der Waals surface area contributed by atoms with Gasteiger partial charge in [0.15, 0.2) is 0 Å². The molecular formula is C12H18N6O5. The fourth-order valence-electron chi connectivity index (χ4n) is 2.57. The van der Waals surface area contributed by atoms with E-state index < -0.39 is 21.4 Å². The molecule has 0 spiro atoms. The molecule has 1 aliphatic rings. The zero-order valence-electron chi connectivity index (χ0n) is 12.9. The number of carbonyl (C=O) groups is 1. The molecule has 11 nitrogen and oxygen atoms in total. The lowest BCUT2D eigenvalue weighted by Crippen LogP contribution is -2.44. The monoisotopic (exact) mass is 326 g/mol. The van der Waals surface area contributed by atoms with E-state index in [9.17, 15) is 25.0 Å². The Labute approximate surface area is 131 Å². The summed E-state index contributed by atoms with van der Waals surface area (Å²) in [6.07, 6.45) is 1.64. The van der Waals surface area contributed by atoms with E-state index in [1.807, 2.05) is 7.05 Å². The smallest absolute Gasteiger partial charge is 0.358 e. The molecule has 23 heavy (non-hydrogen) atoms. The number of piperidine rings is 1. The second-order valence-corrected chi connectivity index (χ2v) is 5.57. The Balaban J connectivity index is 2.07. The van der Waals surface area contributed by atoms with Crippen molar-refractivity contribution in [1.29, 1.82) is 0 Å². The third-order valence-electron chi connectivity index (χ3n) is 3.89. The van der Waals surface area contributed by atoms with Gasteiger partial charge in [0.25, 0.3) is 0 Å². The van der Waals surface area contributed by atoms with E-state index in [-0.39, 0.29) is 24.2 Å². The summed E-state index contributed by atoms with van der Waals surface area (Å²) in [4.78, 5) is 34.2. The van der Waals surface area contributed by atoms with E-state index in [0.717, 1.165) is 30.6 Å². The van der Waals surface area contributed by atoms with E-state index in [4.69, 9.17) is 0 Å². The molecule has 1 aromatic heterocycles. The molecule has 0 aliphatic carbocycles. The predicted octanol–water partition coefficient (Wildman–Crippen LogP) is 0.218. The van der Waals surface area contributed by atoms with Crippen molar-refractivity contribution in [3.05, 3.63) is 25.9 Å². The SMILES string of the molecule is Cc1c([N+](=O)[O-])c([N+](=O)[O-])nn1CC(=O)NC1CCN(C)CC1. The van der Waals surface area contributed by atoms with Gasteiger partial charge in [0.1, 0.15) is 12.2 Å². The molecule has 1 aliphatic heterocycles. The van der Waals surface area contributed by atoms with Crippen molar-refractivity contribution in [2.75, 3.05) is 20.1 Å². The molecule has 1 aromatic rings. The van der Waals surface area contributed by atoms with Crippen LogP contribution in [0.5, 0.6) is 0 Å². The number of nitrogens with zero attached hydrogens (tertiary/aromatic N) is 5. The maximum atomic E-state index is 12.0. The number of nitrogens with one attached hydrogen (secondary N) is 1. The fourth-order valence-corrected chi connectivity index (χ4v) is 2.57. The molecule has 1 fully saturated rings. The molecule has 0 bridgehead atoms. The number of likely N-dealkylation sites (tertiary alicyclic amines) is 1. The summed E-state index contributed by atoms with van der Waals surface area (Å²) < 4.78 is 1.00. The standard InChI is InChI=1S/C12H18N6O5/c1-8-11(17(20)21)12(18(22)23)14-16(8)7-10(19)13-9-3-5-15(2)6-4-9/h9H,3-7H2,1-2H3,(H,13,19). The first-order valence-corrected chi connectivity index (χ1v) is 7.13. The van der Waals surface area contributed by atoms with Gasteiger partial charge in [-0.15, -0.1) is 0 Å². The van der Waals surface area contributed by atoms with E-state index in [2.05, 4.69) is 15.3 Å². The highest BCUT2D eigenvalue weighted by Gasteiger charge is 2.35. The van der Waals surface area contributed by atoms with Crippen LogP contribution in [0.15, 0.2) is 0 Å². The minimum absolute atomic E-state index is 0.0137. The lowest BCUT2D eigenvalue weighted by molar-refractivity contribution is -0.424. The van der Waals surface area contributed by atoms with E-state index >= 15 is 0 Å². The average Bonchev–Trinajstić information content (AvgIpc) is 2.79. The Kier molecular flexibility index (Phi) is 4.89. The Morgan fingerprint density at radius 1 is 1.30 bits per heavy atom. The van der Waals surface area contributed by atoms with Crippen molar-refractivity contribution < 1.29 is 14.6 Å². The first-order chi connectivity index (χ1) is 10.8. The molecule has 2 heterocycles.